The monoisotopic (exact) mass is 182 g/mol. The summed E-state index contributed by atoms with van der Waals surface area (Å²) >= 11 is 0. The summed E-state index contributed by atoms with van der Waals surface area (Å²) in [7, 11) is 0. The molecule has 3 aliphatic rings. The Morgan fingerprint density at radius 2 is 1.38 bits per heavy atom. The SMILES string of the molecule is C1CCC2(CC1)O[C@H]1CCC[C@H]1O2. The number of rotatable bonds is 0. The van der Waals surface area contributed by atoms with Crippen molar-refractivity contribution in [1.29, 1.82) is 0 Å². The van der Waals surface area contributed by atoms with Crippen molar-refractivity contribution in [2.45, 2.75) is 69.4 Å². The standard InChI is InChI=1S/C11H18O2/c1-2-7-11(8-3-1)12-9-5-4-6-10(9)13-11/h9-10H,1-8H2/t9-,10+. The summed E-state index contributed by atoms with van der Waals surface area (Å²) in [6.07, 6.45) is 10.9. The number of ether oxygens (including phenoxy) is 2. The van der Waals surface area contributed by atoms with E-state index in [-0.39, 0.29) is 5.79 Å². The number of hydrogen-bond donors (Lipinski definition) is 0. The zero-order chi connectivity index (χ0) is 8.73. The van der Waals surface area contributed by atoms with Crippen molar-refractivity contribution < 1.29 is 9.47 Å². The third kappa shape index (κ3) is 1.31. The van der Waals surface area contributed by atoms with Gasteiger partial charge in [0.15, 0.2) is 5.79 Å². The second kappa shape index (κ2) is 2.96. The summed E-state index contributed by atoms with van der Waals surface area (Å²) in [5.41, 5.74) is 0. The zero-order valence-electron chi connectivity index (χ0n) is 8.13. The zero-order valence-corrected chi connectivity index (χ0v) is 8.13. The van der Waals surface area contributed by atoms with Crippen LogP contribution >= 0.6 is 0 Å². The first-order valence-electron chi connectivity index (χ1n) is 5.74. The van der Waals surface area contributed by atoms with E-state index in [4.69, 9.17) is 9.47 Å². The normalized spacial score (nSPS) is 42.5. The average molecular weight is 182 g/mol. The molecule has 2 atom stereocenters. The first-order chi connectivity index (χ1) is 6.38. The van der Waals surface area contributed by atoms with Gasteiger partial charge in [0.2, 0.25) is 0 Å². The van der Waals surface area contributed by atoms with E-state index < -0.39 is 0 Å². The van der Waals surface area contributed by atoms with E-state index in [0.29, 0.717) is 12.2 Å². The van der Waals surface area contributed by atoms with Crippen molar-refractivity contribution in [1.82, 2.24) is 0 Å². The van der Waals surface area contributed by atoms with Crippen LogP contribution in [-0.4, -0.2) is 18.0 Å². The molecule has 1 saturated heterocycles. The molecule has 0 aromatic heterocycles. The second-order valence-electron chi connectivity index (χ2n) is 4.71. The van der Waals surface area contributed by atoms with E-state index in [9.17, 15) is 0 Å². The highest BCUT2D eigenvalue weighted by atomic mass is 16.8. The third-order valence-corrected chi connectivity index (χ3v) is 3.74. The lowest BCUT2D eigenvalue weighted by atomic mass is 9.94. The summed E-state index contributed by atoms with van der Waals surface area (Å²) in [5.74, 6) is -0.131. The van der Waals surface area contributed by atoms with E-state index in [1.54, 1.807) is 0 Å². The van der Waals surface area contributed by atoms with E-state index in [1.807, 2.05) is 0 Å². The van der Waals surface area contributed by atoms with Gasteiger partial charge in [-0.2, -0.15) is 0 Å². The minimum absolute atomic E-state index is 0.131. The molecular formula is C11H18O2. The lowest BCUT2D eigenvalue weighted by Gasteiger charge is -2.32. The molecule has 0 aromatic rings. The van der Waals surface area contributed by atoms with Crippen LogP contribution in [0.3, 0.4) is 0 Å². The Labute approximate surface area is 79.6 Å². The highest BCUT2D eigenvalue weighted by Crippen LogP contribution is 2.45. The largest absolute Gasteiger partial charge is 0.344 e. The van der Waals surface area contributed by atoms with Gasteiger partial charge in [-0.05, 0) is 32.1 Å². The van der Waals surface area contributed by atoms with Crippen LogP contribution in [0.4, 0.5) is 0 Å². The van der Waals surface area contributed by atoms with Gasteiger partial charge < -0.3 is 9.47 Å². The fraction of sp³-hybridized carbons (Fsp3) is 1.00. The van der Waals surface area contributed by atoms with Crippen molar-refractivity contribution in [3.05, 3.63) is 0 Å². The van der Waals surface area contributed by atoms with Crippen LogP contribution in [0, 0.1) is 0 Å². The molecule has 2 heteroatoms. The summed E-state index contributed by atoms with van der Waals surface area (Å²) in [6, 6.07) is 0. The van der Waals surface area contributed by atoms with Crippen molar-refractivity contribution in [3.8, 4) is 0 Å². The van der Waals surface area contributed by atoms with Crippen molar-refractivity contribution >= 4 is 0 Å². The maximum atomic E-state index is 6.09. The van der Waals surface area contributed by atoms with Crippen LogP contribution in [0.5, 0.6) is 0 Å². The van der Waals surface area contributed by atoms with Crippen molar-refractivity contribution in [2.75, 3.05) is 0 Å². The minimum atomic E-state index is -0.131. The first kappa shape index (κ1) is 8.25. The average Bonchev–Trinajstić information content (AvgIpc) is 2.64. The van der Waals surface area contributed by atoms with Crippen LogP contribution in [0.2, 0.25) is 0 Å². The first-order valence-corrected chi connectivity index (χ1v) is 5.74. The molecule has 2 saturated carbocycles. The summed E-state index contributed by atoms with van der Waals surface area (Å²) in [5, 5.41) is 0. The lowest BCUT2D eigenvalue weighted by molar-refractivity contribution is -0.197. The molecule has 0 bridgehead atoms. The van der Waals surface area contributed by atoms with E-state index in [2.05, 4.69) is 0 Å². The smallest absolute Gasteiger partial charge is 0.169 e. The molecular weight excluding hydrogens is 164 g/mol. The topological polar surface area (TPSA) is 18.5 Å². The Bertz CT molecular complexity index is 182. The maximum absolute atomic E-state index is 6.09. The van der Waals surface area contributed by atoms with Gasteiger partial charge >= 0.3 is 0 Å². The third-order valence-electron chi connectivity index (χ3n) is 3.74. The molecule has 2 nitrogen and oxygen atoms in total. The minimum Gasteiger partial charge on any atom is -0.344 e. The van der Waals surface area contributed by atoms with Gasteiger partial charge in [-0.1, -0.05) is 6.42 Å². The highest BCUT2D eigenvalue weighted by molar-refractivity contribution is 4.91. The van der Waals surface area contributed by atoms with Crippen LogP contribution in [0.1, 0.15) is 51.4 Å². The molecule has 3 fully saturated rings. The van der Waals surface area contributed by atoms with Gasteiger partial charge in [-0.25, -0.2) is 0 Å². The van der Waals surface area contributed by atoms with Crippen molar-refractivity contribution in [3.63, 3.8) is 0 Å². The Morgan fingerprint density at radius 1 is 0.769 bits per heavy atom. The fourth-order valence-corrected chi connectivity index (χ4v) is 3.07. The molecule has 3 rings (SSSR count). The molecule has 0 amide bonds. The molecule has 13 heavy (non-hydrogen) atoms. The fourth-order valence-electron chi connectivity index (χ4n) is 3.07. The van der Waals surface area contributed by atoms with E-state index in [0.717, 1.165) is 12.8 Å². The van der Waals surface area contributed by atoms with Crippen LogP contribution in [0.15, 0.2) is 0 Å². The Morgan fingerprint density at radius 3 is 2.00 bits per heavy atom. The molecule has 0 N–H and O–H groups in total. The summed E-state index contributed by atoms with van der Waals surface area (Å²) < 4.78 is 12.2. The van der Waals surface area contributed by atoms with Gasteiger partial charge in [0.05, 0.1) is 12.2 Å². The molecule has 2 aliphatic carbocycles. The predicted molar refractivity (Wildman–Crippen MR) is 49.4 cm³/mol. The lowest BCUT2D eigenvalue weighted by Crippen LogP contribution is -2.33. The molecule has 74 valence electrons. The van der Waals surface area contributed by atoms with Gasteiger partial charge in [0.1, 0.15) is 0 Å². The van der Waals surface area contributed by atoms with Gasteiger partial charge in [-0.15, -0.1) is 0 Å². The van der Waals surface area contributed by atoms with E-state index >= 15 is 0 Å². The van der Waals surface area contributed by atoms with E-state index in [1.165, 1.54) is 38.5 Å². The van der Waals surface area contributed by atoms with Crippen molar-refractivity contribution in [2.24, 2.45) is 0 Å². The van der Waals surface area contributed by atoms with Gasteiger partial charge in [0.25, 0.3) is 0 Å². The van der Waals surface area contributed by atoms with Crippen LogP contribution in [-0.2, 0) is 9.47 Å². The molecule has 1 aliphatic heterocycles. The van der Waals surface area contributed by atoms with Crippen LogP contribution < -0.4 is 0 Å². The van der Waals surface area contributed by atoms with Gasteiger partial charge in [0, 0.05) is 12.8 Å². The summed E-state index contributed by atoms with van der Waals surface area (Å²) in [4.78, 5) is 0. The Hall–Kier alpha value is -0.0800. The Balaban J connectivity index is 1.73. The molecule has 1 heterocycles. The quantitative estimate of drug-likeness (QED) is 0.573. The second-order valence-corrected chi connectivity index (χ2v) is 4.71. The predicted octanol–water partition coefficient (Wildman–Crippen LogP) is 2.61. The molecule has 0 unspecified atom stereocenters. The maximum Gasteiger partial charge on any atom is 0.169 e. The highest BCUT2D eigenvalue weighted by Gasteiger charge is 2.49. The summed E-state index contributed by atoms with van der Waals surface area (Å²) in [6.45, 7) is 0. The number of fused-ring (bicyclic) bond motifs is 1. The number of hydrogen-bond acceptors (Lipinski definition) is 2. The molecule has 0 aromatic carbocycles. The Kier molecular flexibility index (Phi) is 1.88. The van der Waals surface area contributed by atoms with Crippen LogP contribution in [0.25, 0.3) is 0 Å². The molecule has 0 radical (unpaired) electrons. The van der Waals surface area contributed by atoms with Gasteiger partial charge in [-0.3, -0.25) is 0 Å². The molecule has 1 spiro atoms.